The molecule has 3 aliphatic heterocycles. The highest BCUT2D eigenvalue weighted by atomic mass is 127. The van der Waals surface area contributed by atoms with Crippen LogP contribution in [0.3, 0.4) is 0 Å². The van der Waals surface area contributed by atoms with Crippen molar-refractivity contribution in [3.8, 4) is 0 Å². The van der Waals surface area contributed by atoms with Crippen LogP contribution in [0, 0.1) is 6.92 Å². The summed E-state index contributed by atoms with van der Waals surface area (Å²) in [5.74, 6) is 0.936. The molecule has 0 saturated carbocycles. The van der Waals surface area contributed by atoms with Crippen molar-refractivity contribution in [1.29, 1.82) is 0 Å². The molecule has 168 valence electrons. The average Bonchev–Trinajstić information content (AvgIpc) is 3.45. The van der Waals surface area contributed by atoms with Crippen LogP contribution in [0.25, 0.3) is 0 Å². The van der Waals surface area contributed by atoms with Gasteiger partial charge < -0.3 is 20.3 Å². The second-order valence-electron chi connectivity index (χ2n) is 8.87. The molecule has 3 fully saturated rings. The monoisotopic (exact) mass is 527 g/mol. The number of rotatable bonds is 5. The molecule has 0 bridgehead atoms. The quantitative estimate of drug-likeness (QED) is 0.351. The minimum Gasteiger partial charge on any atom is -0.381 e. The van der Waals surface area contributed by atoms with Crippen LogP contribution in [0.5, 0.6) is 0 Å². The standard InChI is InChI=1S/C23H37N5O.HI/c1-19-5-7-21(8-6-19)27-14-9-20(17-27)26-22(24-2)25-18-23(10-15-29-16-11-23)28-12-3-4-13-28;/h5-8,20H,3-4,9-18H2,1-2H3,(H2,24,25,26);1H. The molecule has 1 aromatic carbocycles. The van der Waals surface area contributed by atoms with Gasteiger partial charge in [0.1, 0.15) is 0 Å². The maximum absolute atomic E-state index is 5.68. The van der Waals surface area contributed by atoms with E-state index in [0.717, 1.165) is 58.1 Å². The largest absolute Gasteiger partial charge is 0.381 e. The minimum absolute atomic E-state index is 0. The number of nitrogens with one attached hydrogen (secondary N) is 2. The van der Waals surface area contributed by atoms with E-state index < -0.39 is 0 Å². The van der Waals surface area contributed by atoms with E-state index in [4.69, 9.17) is 4.74 Å². The molecule has 3 saturated heterocycles. The van der Waals surface area contributed by atoms with Crippen LogP contribution in [0.2, 0.25) is 0 Å². The summed E-state index contributed by atoms with van der Waals surface area (Å²) in [6.45, 7) is 9.40. The van der Waals surface area contributed by atoms with Crippen molar-refractivity contribution >= 4 is 35.6 Å². The number of benzene rings is 1. The number of anilines is 1. The third-order valence-electron chi connectivity index (χ3n) is 6.94. The zero-order chi connectivity index (χ0) is 20.1. The fraction of sp³-hybridized carbons (Fsp3) is 0.696. The highest BCUT2D eigenvalue weighted by molar-refractivity contribution is 14.0. The SMILES string of the molecule is CN=C(NCC1(N2CCCC2)CCOCC1)NC1CCN(c2ccc(C)cc2)C1.I. The highest BCUT2D eigenvalue weighted by Crippen LogP contribution is 2.30. The van der Waals surface area contributed by atoms with E-state index in [1.54, 1.807) is 0 Å². The van der Waals surface area contributed by atoms with Crippen molar-refractivity contribution in [2.45, 2.75) is 50.6 Å². The molecular weight excluding hydrogens is 489 g/mol. The number of aryl methyl sites for hydroxylation is 1. The zero-order valence-corrected chi connectivity index (χ0v) is 20.9. The first-order valence-corrected chi connectivity index (χ1v) is 11.3. The van der Waals surface area contributed by atoms with Gasteiger partial charge in [0.25, 0.3) is 0 Å². The maximum atomic E-state index is 5.68. The second-order valence-corrected chi connectivity index (χ2v) is 8.87. The van der Waals surface area contributed by atoms with E-state index >= 15 is 0 Å². The number of hydrogen-bond donors (Lipinski definition) is 2. The van der Waals surface area contributed by atoms with Gasteiger partial charge in [0.15, 0.2) is 5.96 Å². The lowest BCUT2D eigenvalue weighted by atomic mass is 9.88. The van der Waals surface area contributed by atoms with E-state index in [1.807, 2.05) is 7.05 Å². The Kier molecular flexibility index (Phi) is 8.65. The Morgan fingerprint density at radius 2 is 1.83 bits per heavy atom. The van der Waals surface area contributed by atoms with Gasteiger partial charge in [-0.3, -0.25) is 9.89 Å². The van der Waals surface area contributed by atoms with Crippen molar-refractivity contribution in [2.75, 3.05) is 57.9 Å². The van der Waals surface area contributed by atoms with Gasteiger partial charge in [0.05, 0.1) is 0 Å². The first-order chi connectivity index (χ1) is 14.2. The first-order valence-electron chi connectivity index (χ1n) is 11.3. The van der Waals surface area contributed by atoms with Gasteiger partial charge in [0.2, 0.25) is 0 Å². The van der Waals surface area contributed by atoms with Gasteiger partial charge in [-0.05, 0) is 64.3 Å². The Hall–Kier alpha value is -1.06. The van der Waals surface area contributed by atoms with E-state index in [1.165, 1.54) is 37.2 Å². The Balaban J connectivity index is 0.00000256. The van der Waals surface area contributed by atoms with Crippen molar-refractivity contribution in [3.63, 3.8) is 0 Å². The number of likely N-dealkylation sites (tertiary alicyclic amines) is 1. The molecule has 4 rings (SSSR count). The number of ether oxygens (including phenoxy) is 1. The Bertz CT molecular complexity index is 683. The number of halogens is 1. The van der Waals surface area contributed by atoms with E-state index in [9.17, 15) is 0 Å². The number of aliphatic imine (C=N–C) groups is 1. The fourth-order valence-electron chi connectivity index (χ4n) is 5.05. The maximum Gasteiger partial charge on any atom is 0.191 e. The van der Waals surface area contributed by atoms with Gasteiger partial charge in [-0.1, -0.05) is 17.7 Å². The van der Waals surface area contributed by atoms with Gasteiger partial charge in [-0.2, -0.15) is 0 Å². The molecular formula is C23H38IN5O. The summed E-state index contributed by atoms with van der Waals surface area (Å²) in [4.78, 5) is 9.69. The first kappa shape index (κ1) is 23.6. The summed E-state index contributed by atoms with van der Waals surface area (Å²) in [6, 6.07) is 9.29. The van der Waals surface area contributed by atoms with E-state index in [-0.39, 0.29) is 29.5 Å². The van der Waals surface area contributed by atoms with Gasteiger partial charge in [0, 0.05) is 57.2 Å². The summed E-state index contributed by atoms with van der Waals surface area (Å²) in [5, 5.41) is 7.34. The van der Waals surface area contributed by atoms with Crippen LogP contribution >= 0.6 is 24.0 Å². The normalized spacial score (nSPS) is 24.5. The topological polar surface area (TPSA) is 52.1 Å². The number of nitrogens with zero attached hydrogens (tertiary/aromatic N) is 3. The summed E-state index contributed by atoms with van der Waals surface area (Å²) < 4.78 is 5.68. The summed E-state index contributed by atoms with van der Waals surface area (Å²) in [6.07, 6.45) is 6.02. The summed E-state index contributed by atoms with van der Waals surface area (Å²) in [5.41, 5.74) is 2.85. The average molecular weight is 527 g/mol. The molecule has 0 radical (unpaired) electrons. The lowest BCUT2D eigenvalue weighted by molar-refractivity contribution is -0.0164. The summed E-state index contributed by atoms with van der Waals surface area (Å²) in [7, 11) is 1.88. The molecule has 0 aromatic heterocycles. The molecule has 1 aromatic rings. The molecule has 7 heteroatoms. The lowest BCUT2D eigenvalue weighted by Gasteiger charge is -2.45. The number of hydrogen-bond acceptors (Lipinski definition) is 4. The molecule has 1 atom stereocenters. The van der Waals surface area contributed by atoms with Crippen LogP contribution in [0.15, 0.2) is 29.3 Å². The van der Waals surface area contributed by atoms with Gasteiger partial charge >= 0.3 is 0 Å². The highest BCUT2D eigenvalue weighted by Gasteiger charge is 2.39. The van der Waals surface area contributed by atoms with Crippen molar-refractivity contribution in [1.82, 2.24) is 15.5 Å². The molecule has 6 nitrogen and oxygen atoms in total. The summed E-state index contributed by atoms with van der Waals surface area (Å²) >= 11 is 0. The second kappa shape index (κ2) is 11.0. The van der Waals surface area contributed by atoms with E-state index in [2.05, 4.69) is 56.6 Å². The Morgan fingerprint density at radius 3 is 2.50 bits per heavy atom. The third kappa shape index (κ3) is 5.59. The molecule has 0 spiro atoms. The van der Waals surface area contributed by atoms with Crippen LogP contribution in [-0.4, -0.2) is 75.4 Å². The molecule has 2 N–H and O–H groups in total. The van der Waals surface area contributed by atoms with Crippen LogP contribution in [0.1, 0.15) is 37.7 Å². The fourth-order valence-corrected chi connectivity index (χ4v) is 5.05. The van der Waals surface area contributed by atoms with Crippen LogP contribution < -0.4 is 15.5 Å². The van der Waals surface area contributed by atoms with Crippen molar-refractivity contribution in [3.05, 3.63) is 29.8 Å². The Morgan fingerprint density at radius 1 is 1.13 bits per heavy atom. The molecule has 3 aliphatic rings. The van der Waals surface area contributed by atoms with Crippen molar-refractivity contribution in [2.24, 2.45) is 4.99 Å². The smallest absolute Gasteiger partial charge is 0.191 e. The Labute approximate surface area is 198 Å². The van der Waals surface area contributed by atoms with Crippen LogP contribution in [0.4, 0.5) is 5.69 Å². The van der Waals surface area contributed by atoms with Gasteiger partial charge in [-0.25, -0.2) is 0 Å². The minimum atomic E-state index is 0. The molecule has 1 unspecified atom stereocenters. The van der Waals surface area contributed by atoms with Crippen LogP contribution in [-0.2, 0) is 4.74 Å². The van der Waals surface area contributed by atoms with Crippen molar-refractivity contribution < 1.29 is 4.74 Å². The molecule has 0 aliphatic carbocycles. The molecule has 30 heavy (non-hydrogen) atoms. The molecule has 0 amide bonds. The predicted molar refractivity (Wildman–Crippen MR) is 135 cm³/mol. The zero-order valence-electron chi connectivity index (χ0n) is 18.5. The predicted octanol–water partition coefficient (Wildman–Crippen LogP) is 3.00. The molecule has 3 heterocycles. The van der Waals surface area contributed by atoms with E-state index in [0.29, 0.717) is 6.04 Å². The number of guanidine groups is 1. The third-order valence-corrected chi connectivity index (χ3v) is 6.94. The van der Waals surface area contributed by atoms with Gasteiger partial charge in [-0.15, -0.1) is 24.0 Å². The lowest BCUT2D eigenvalue weighted by Crippen LogP contribution is -2.59.